The molecule has 0 aromatic rings. The molecule has 0 aromatic carbocycles. The third-order valence-electron chi connectivity index (χ3n) is 0.855. The number of thioether (sulfide) groups is 1. The maximum atomic E-state index is 9.58. The standard InChI is InChI=1S/C4H6O2S/c5-3-6-4-1-7-2-4/h3-4H,1-2H2. The van der Waals surface area contributed by atoms with E-state index < -0.39 is 0 Å². The number of carbonyl (C=O) groups excluding carboxylic acids is 1. The topological polar surface area (TPSA) is 26.3 Å². The molecule has 0 unspecified atom stereocenters. The Morgan fingerprint density at radius 2 is 2.43 bits per heavy atom. The van der Waals surface area contributed by atoms with Crippen molar-refractivity contribution in [2.45, 2.75) is 6.10 Å². The third-order valence-corrected chi connectivity index (χ3v) is 2.07. The van der Waals surface area contributed by atoms with Crippen LogP contribution in [0.3, 0.4) is 0 Å². The van der Waals surface area contributed by atoms with Crippen LogP contribution in [0, 0.1) is 0 Å². The molecule has 1 aliphatic rings. The molecule has 0 saturated carbocycles. The lowest BCUT2D eigenvalue weighted by Crippen LogP contribution is -2.27. The fraction of sp³-hybridized carbons (Fsp3) is 0.750. The van der Waals surface area contributed by atoms with Crippen molar-refractivity contribution in [2.24, 2.45) is 0 Å². The van der Waals surface area contributed by atoms with E-state index in [4.69, 9.17) is 0 Å². The number of rotatable bonds is 2. The summed E-state index contributed by atoms with van der Waals surface area (Å²) in [6.07, 6.45) is 0.225. The first-order valence-corrected chi connectivity index (χ1v) is 3.26. The van der Waals surface area contributed by atoms with Crippen molar-refractivity contribution in [1.82, 2.24) is 0 Å². The summed E-state index contributed by atoms with van der Waals surface area (Å²) in [7, 11) is 0. The van der Waals surface area contributed by atoms with Gasteiger partial charge < -0.3 is 4.74 Å². The molecule has 0 N–H and O–H groups in total. The minimum Gasteiger partial charge on any atom is -0.463 e. The van der Waals surface area contributed by atoms with Gasteiger partial charge in [0.1, 0.15) is 6.10 Å². The van der Waals surface area contributed by atoms with Crippen LogP contribution in [0.25, 0.3) is 0 Å². The molecule has 1 fully saturated rings. The second kappa shape index (κ2) is 2.21. The molecule has 2 nitrogen and oxygen atoms in total. The van der Waals surface area contributed by atoms with E-state index in [1.54, 1.807) is 11.8 Å². The number of ether oxygens (including phenoxy) is 1. The maximum absolute atomic E-state index is 9.58. The quantitative estimate of drug-likeness (QED) is 0.487. The monoisotopic (exact) mass is 118 g/mol. The summed E-state index contributed by atoms with van der Waals surface area (Å²) < 4.78 is 4.58. The van der Waals surface area contributed by atoms with Gasteiger partial charge in [-0.1, -0.05) is 0 Å². The molecule has 0 spiro atoms. The van der Waals surface area contributed by atoms with E-state index in [1.807, 2.05) is 0 Å². The molecular weight excluding hydrogens is 112 g/mol. The van der Waals surface area contributed by atoms with Crippen LogP contribution in [0.2, 0.25) is 0 Å². The van der Waals surface area contributed by atoms with Gasteiger partial charge in [0, 0.05) is 11.5 Å². The molecule has 1 saturated heterocycles. The average Bonchev–Trinajstić information content (AvgIpc) is 1.55. The van der Waals surface area contributed by atoms with Crippen molar-refractivity contribution >= 4 is 18.2 Å². The molecule has 1 heterocycles. The Morgan fingerprint density at radius 1 is 1.71 bits per heavy atom. The van der Waals surface area contributed by atoms with Crippen LogP contribution in [0.15, 0.2) is 0 Å². The Balaban J connectivity index is 2.03. The Morgan fingerprint density at radius 3 is 2.57 bits per heavy atom. The Labute approximate surface area is 46.2 Å². The van der Waals surface area contributed by atoms with Crippen molar-refractivity contribution in [2.75, 3.05) is 11.5 Å². The van der Waals surface area contributed by atoms with Crippen molar-refractivity contribution in [1.29, 1.82) is 0 Å². The smallest absolute Gasteiger partial charge is 0.293 e. The highest BCUT2D eigenvalue weighted by molar-refractivity contribution is 8.00. The van der Waals surface area contributed by atoms with Gasteiger partial charge in [0.05, 0.1) is 0 Å². The lowest BCUT2D eigenvalue weighted by molar-refractivity contribution is -0.132. The second-order valence-corrected chi connectivity index (χ2v) is 2.47. The molecule has 1 rings (SSSR count). The fourth-order valence-electron chi connectivity index (χ4n) is 0.371. The molecule has 0 amide bonds. The second-order valence-electron chi connectivity index (χ2n) is 1.39. The first kappa shape index (κ1) is 4.97. The maximum Gasteiger partial charge on any atom is 0.293 e. The summed E-state index contributed by atoms with van der Waals surface area (Å²) in [6, 6.07) is 0. The Hall–Kier alpha value is -0.180. The zero-order valence-corrected chi connectivity index (χ0v) is 4.61. The van der Waals surface area contributed by atoms with Crippen LogP contribution in [0.4, 0.5) is 0 Å². The van der Waals surface area contributed by atoms with Crippen LogP contribution in [-0.2, 0) is 9.53 Å². The summed E-state index contributed by atoms with van der Waals surface area (Å²) in [4.78, 5) is 9.58. The van der Waals surface area contributed by atoms with Gasteiger partial charge in [-0.05, 0) is 0 Å². The molecule has 0 aromatic heterocycles. The summed E-state index contributed by atoms with van der Waals surface area (Å²) in [6.45, 7) is 0.518. The van der Waals surface area contributed by atoms with Gasteiger partial charge in [-0.15, -0.1) is 0 Å². The van der Waals surface area contributed by atoms with Crippen molar-refractivity contribution in [3.63, 3.8) is 0 Å². The zero-order valence-electron chi connectivity index (χ0n) is 3.79. The molecular formula is C4H6O2S. The highest BCUT2D eigenvalue weighted by Crippen LogP contribution is 2.19. The first-order valence-electron chi connectivity index (χ1n) is 2.10. The number of hydrogen-bond acceptors (Lipinski definition) is 3. The molecule has 0 atom stereocenters. The molecule has 0 radical (unpaired) electrons. The average molecular weight is 118 g/mol. The summed E-state index contributed by atoms with van der Waals surface area (Å²) in [5, 5.41) is 0. The number of carbonyl (C=O) groups is 1. The van der Waals surface area contributed by atoms with Crippen molar-refractivity contribution in [3.8, 4) is 0 Å². The molecule has 7 heavy (non-hydrogen) atoms. The lowest BCUT2D eigenvalue weighted by atomic mass is 10.4. The summed E-state index contributed by atoms with van der Waals surface area (Å²) >= 11 is 1.80. The molecule has 0 bridgehead atoms. The van der Waals surface area contributed by atoms with Crippen molar-refractivity contribution in [3.05, 3.63) is 0 Å². The first-order chi connectivity index (χ1) is 3.43. The van der Waals surface area contributed by atoms with Crippen molar-refractivity contribution < 1.29 is 9.53 Å². The highest BCUT2D eigenvalue weighted by Gasteiger charge is 2.17. The van der Waals surface area contributed by atoms with Crippen LogP contribution < -0.4 is 0 Å². The van der Waals surface area contributed by atoms with E-state index >= 15 is 0 Å². The van der Waals surface area contributed by atoms with E-state index in [-0.39, 0.29) is 6.10 Å². The number of hydrogen-bond donors (Lipinski definition) is 0. The van der Waals surface area contributed by atoms with Crippen LogP contribution in [-0.4, -0.2) is 24.1 Å². The van der Waals surface area contributed by atoms with Crippen LogP contribution in [0.5, 0.6) is 0 Å². The summed E-state index contributed by atoms with van der Waals surface area (Å²) in [5.41, 5.74) is 0. The Kier molecular flexibility index (Phi) is 1.57. The van der Waals surface area contributed by atoms with Gasteiger partial charge in [-0.25, -0.2) is 0 Å². The normalized spacial score (nSPS) is 20.6. The third kappa shape index (κ3) is 1.09. The zero-order chi connectivity index (χ0) is 5.11. The van der Waals surface area contributed by atoms with E-state index in [9.17, 15) is 4.79 Å². The van der Waals surface area contributed by atoms with E-state index in [0.717, 1.165) is 11.5 Å². The largest absolute Gasteiger partial charge is 0.463 e. The van der Waals surface area contributed by atoms with Gasteiger partial charge >= 0.3 is 0 Å². The molecule has 1 aliphatic heterocycles. The van der Waals surface area contributed by atoms with Gasteiger partial charge in [-0.2, -0.15) is 11.8 Å². The Bertz CT molecular complexity index is 70.1. The highest BCUT2D eigenvalue weighted by atomic mass is 32.2. The minimum atomic E-state index is 0.225. The SMILES string of the molecule is O=COC1CSC1. The molecule has 40 valence electrons. The predicted octanol–water partition coefficient (Wildman–Crippen LogP) is 0.275. The van der Waals surface area contributed by atoms with Gasteiger partial charge in [0.25, 0.3) is 6.47 Å². The summed E-state index contributed by atoms with van der Waals surface area (Å²) in [5.74, 6) is 1.97. The van der Waals surface area contributed by atoms with Gasteiger partial charge in [-0.3, -0.25) is 4.79 Å². The molecule has 0 aliphatic carbocycles. The molecule has 3 heteroatoms. The fourth-order valence-corrected chi connectivity index (χ4v) is 0.956. The van der Waals surface area contributed by atoms with Crippen LogP contribution in [0.1, 0.15) is 0 Å². The predicted molar refractivity (Wildman–Crippen MR) is 28.3 cm³/mol. The van der Waals surface area contributed by atoms with Gasteiger partial charge in [0.15, 0.2) is 0 Å². The van der Waals surface area contributed by atoms with E-state index in [0.29, 0.717) is 6.47 Å². The minimum absolute atomic E-state index is 0.225. The van der Waals surface area contributed by atoms with Gasteiger partial charge in [0.2, 0.25) is 0 Å². The lowest BCUT2D eigenvalue weighted by Gasteiger charge is -2.21. The van der Waals surface area contributed by atoms with E-state index in [1.165, 1.54) is 0 Å². The van der Waals surface area contributed by atoms with E-state index in [2.05, 4.69) is 4.74 Å². The van der Waals surface area contributed by atoms with Crippen LogP contribution >= 0.6 is 11.8 Å².